The summed E-state index contributed by atoms with van der Waals surface area (Å²) in [6, 6.07) is 0. The van der Waals surface area contributed by atoms with E-state index in [0.29, 0.717) is 5.41 Å². The van der Waals surface area contributed by atoms with Gasteiger partial charge in [-0.1, -0.05) is 64.3 Å². The molecule has 2 fully saturated rings. The van der Waals surface area contributed by atoms with Crippen LogP contribution in [0.2, 0.25) is 0 Å². The maximum Gasteiger partial charge on any atom is 0.168 e. The minimum Gasteiger partial charge on any atom is -0.396 e. The van der Waals surface area contributed by atoms with Crippen LogP contribution in [0.1, 0.15) is 113 Å². The quantitative estimate of drug-likeness (QED) is 0.298. The van der Waals surface area contributed by atoms with Gasteiger partial charge in [0.05, 0.1) is 0 Å². The van der Waals surface area contributed by atoms with E-state index in [0.717, 1.165) is 31.1 Å². The van der Waals surface area contributed by atoms with Crippen molar-refractivity contribution in [3.05, 3.63) is 22.8 Å². The molecule has 0 spiro atoms. The van der Waals surface area contributed by atoms with Crippen molar-refractivity contribution in [2.24, 2.45) is 45.3 Å². The molecule has 2 unspecified atom stereocenters. The second kappa shape index (κ2) is 8.45. The zero-order chi connectivity index (χ0) is 25.3. The molecule has 0 heterocycles. The molecular weight excluding hydrogens is 420 g/mol. The first-order valence-corrected chi connectivity index (χ1v) is 14.1. The zero-order valence-electron chi connectivity index (χ0n) is 23.3. The molecule has 0 aromatic carbocycles. The van der Waals surface area contributed by atoms with Gasteiger partial charge in [0.15, 0.2) is 5.79 Å². The summed E-state index contributed by atoms with van der Waals surface area (Å²) in [5, 5.41) is 32.5. The van der Waals surface area contributed by atoms with Gasteiger partial charge in [0.2, 0.25) is 0 Å². The van der Waals surface area contributed by atoms with Crippen molar-refractivity contribution in [3.63, 3.8) is 0 Å². The van der Waals surface area contributed by atoms with E-state index in [1.54, 1.807) is 11.1 Å². The SMILES string of the molecule is CC(C)=CCC[C@@H](C)[C@H]1CC[C@@]2(C)C3=C(CC[C@]12C)[C@@]1(C)C(CO)CC(O)(O)C(C)(C)C1CC3. The van der Waals surface area contributed by atoms with Crippen LogP contribution in [-0.4, -0.2) is 27.7 Å². The van der Waals surface area contributed by atoms with E-state index < -0.39 is 11.2 Å². The van der Waals surface area contributed by atoms with Gasteiger partial charge < -0.3 is 15.3 Å². The summed E-state index contributed by atoms with van der Waals surface area (Å²) in [5.74, 6) is -0.150. The topological polar surface area (TPSA) is 60.7 Å². The molecule has 0 aromatic heterocycles. The van der Waals surface area contributed by atoms with E-state index in [2.05, 4.69) is 47.6 Å². The van der Waals surface area contributed by atoms with Crippen molar-refractivity contribution in [3.8, 4) is 0 Å². The summed E-state index contributed by atoms with van der Waals surface area (Å²) in [7, 11) is 0. The number of hydrogen-bond acceptors (Lipinski definition) is 3. The van der Waals surface area contributed by atoms with Crippen molar-refractivity contribution in [1.82, 2.24) is 0 Å². The van der Waals surface area contributed by atoms with Crippen molar-refractivity contribution in [1.29, 1.82) is 0 Å². The fourth-order valence-corrected chi connectivity index (χ4v) is 9.84. The third-order valence-corrected chi connectivity index (χ3v) is 12.4. The smallest absolute Gasteiger partial charge is 0.168 e. The fourth-order valence-electron chi connectivity index (χ4n) is 9.84. The Morgan fingerprint density at radius 1 is 1.00 bits per heavy atom. The molecule has 34 heavy (non-hydrogen) atoms. The third-order valence-electron chi connectivity index (χ3n) is 12.4. The molecule has 0 saturated heterocycles. The first kappa shape index (κ1) is 26.4. The minimum atomic E-state index is -1.73. The second-order valence-corrected chi connectivity index (χ2v) is 14.2. The number of rotatable bonds is 5. The lowest BCUT2D eigenvalue weighted by molar-refractivity contribution is -0.303. The number of aliphatic hydroxyl groups excluding tert-OH is 1. The lowest BCUT2D eigenvalue weighted by atomic mass is 9.40. The van der Waals surface area contributed by atoms with Crippen molar-refractivity contribution in [2.75, 3.05) is 6.61 Å². The Morgan fingerprint density at radius 3 is 2.29 bits per heavy atom. The van der Waals surface area contributed by atoms with Crippen LogP contribution in [0.15, 0.2) is 22.8 Å². The summed E-state index contributed by atoms with van der Waals surface area (Å²) in [6.07, 6.45) is 12.2. The second-order valence-electron chi connectivity index (χ2n) is 14.2. The van der Waals surface area contributed by atoms with Crippen LogP contribution in [0.4, 0.5) is 0 Å². The van der Waals surface area contributed by atoms with Crippen molar-refractivity contribution < 1.29 is 15.3 Å². The Kier molecular flexibility index (Phi) is 6.57. The largest absolute Gasteiger partial charge is 0.396 e. The van der Waals surface area contributed by atoms with E-state index >= 15 is 0 Å². The zero-order valence-corrected chi connectivity index (χ0v) is 23.3. The van der Waals surface area contributed by atoms with Gasteiger partial charge in [0.1, 0.15) is 0 Å². The fraction of sp³-hybridized carbons (Fsp3) is 0.871. The molecule has 0 aliphatic heterocycles. The minimum absolute atomic E-state index is 0.0285. The first-order valence-electron chi connectivity index (χ1n) is 14.1. The van der Waals surface area contributed by atoms with E-state index in [9.17, 15) is 15.3 Å². The van der Waals surface area contributed by atoms with Gasteiger partial charge in [-0.3, -0.25) is 0 Å². The highest BCUT2D eigenvalue weighted by molar-refractivity contribution is 5.39. The highest BCUT2D eigenvalue weighted by Crippen LogP contribution is 2.73. The maximum atomic E-state index is 11.0. The summed E-state index contributed by atoms with van der Waals surface area (Å²) in [6.45, 7) is 18.6. The highest BCUT2D eigenvalue weighted by Gasteiger charge is 2.67. The van der Waals surface area contributed by atoms with Crippen LogP contribution >= 0.6 is 0 Å². The molecule has 0 amide bonds. The standard InChI is InChI=1S/C31H52O3/c1-20(2)10-9-11-21(3)23-14-16-29(7)24-12-13-26-27(4,5)31(33,34)18-22(19-32)30(26,8)25(24)15-17-28(23,29)6/h10,21-23,26,32-34H,9,11-19H2,1-8H3/t21-,22?,23-,26?,28-,29+,30-/m1/s1. The molecule has 4 aliphatic rings. The van der Waals surface area contributed by atoms with Gasteiger partial charge in [-0.05, 0) is 105 Å². The molecule has 3 heteroatoms. The van der Waals surface area contributed by atoms with E-state index in [4.69, 9.17) is 0 Å². The van der Waals surface area contributed by atoms with E-state index in [1.165, 1.54) is 37.7 Å². The first-order chi connectivity index (χ1) is 15.7. The molecule has 0 radical (unpaired) electrons. The maximum absolute atomic E-state index is 11.0. The molecule has 0 bridgehead atoms. The van der Waals surface area contributed by atoms with Gasteiger partial charge >= 0.3 is 0 Å². The average Bonchev–Trinajstić information content (AvgIpc) is 3.02. The summed E-state index contributed by atoms with van der Waals surface area (Å²) >= 11 is 0. The molecule has 194 valence electrons. The van der Waals surface area contributed by atoms with Crippen LogP contribution in [-0.2, 0) is 0 Å². The van der Waals surface area contributed by atoms with Crippen LogP contribution in [0.5, 0.6) is 0 Å². The van der Waals surface area contributed by atoms with Crippen molar-refractivity contribution in [2.45, 2.75) is 119 Å². The lowest BCUT2D eigenvalue weighted by Crippen LogP contribution is -2.64. The molecule has 2 saturated carbocycles. The Morgan fingerprint density at radius 2 is 1.68 bits per heavy atom. The van der Waals surface area contributed by atoms with Gasteiger partial charge in [-0.15, -0.1) is 0 Å². The molecule has 4 aliphatic carbocycles. The van der Waals surface area contributed by atoms with Crippen LogP contribution in [0.25, 0.3) is 0 Å². The number of hydrogen-bond donors (Lipinski definition) is 3. The Bertz CT molecular complexity index is 862. The normalized spacial score (nSPS) is 43.6. The van der Waals surface area contributed by atoms with E-state index in [-0.39, 0.29) is 35.7 Å². The van der Waals surface area contributed by atoms with Gasteiger partial charge in [-0.2, -0.15) is 0 Å². The van der Waals surface area contributed by atoms with Gasteiger partial charge in [-0.25, -0.2) is 0 Å². The molecule has 7 atom stereocenters. The predicted octanol–water partition coefficient (Wildman–Crippen LogP) is 7.02. The molecular formula is C31H52O3. The lowest BCUT2D eigenvalue weighted by Gasteiger charge is -2.65. The van der Waals surface area contributed by atoms with Crippen LogP contribution in [0.3, 0.4) is 0 Å². The van der Waals surface area contributed by atoms with E-state index in [1.807, 2.05) is 13.8 Å². The molecule has 4 rings (SSSR count). The summed E-state index contributed by atoms with van der Waals surface area (Å²) < 4.78 is 0. The highest BCUT2D eigenvalue weighted by atomic mass is 16.5. The number of allylic oxidation sites excluding steroid dienone is 4. The predicted molar refractivity (Wildman–Crippen MR) is 140 cm³/mol. The van der Waals surface area contributed by atoms with Crippen LogP contribution in [0, 0.1) is 45.3 Å². The summed E-state index contributed by atoms with van der Waals surface area (Å²) in [4.78, 5) is 0. The Balaban J connectivity index is 1.72. The Hall–Kier alpha value is -0.640. The van der Waals surface area contributed by atoms with Crippen molar-refractivity contribution >= 4 is 0 Å². The van der Waals surface area contributed by atoms with Gasteiger partial charge in [0, 0.05) is 18.4 Å². The third kappa shape index (κ3) is 3.46. The molecule has 3 N–H and O–H groups in total. The average molecular weight is 473 g/mol. The monoisotopic (exact) mass is 472 g/mol. The number of fused-ring (bicyclic) bond motifs is 4. The van der Waals surface area contributed by atoms with Crippen LogP contribution < -0.4 is 0 Å². The molecule has 3 nitrogen and oxygen atoms in total. The number of aliphatic hydroxyl groups is 3. The Labute approximate surface area is 209 Å². The molecule has 0 aromatic rings. The summed E-state index contributed by atoms with van der Waals surface area (Å²) in [5.41, 5.74) is 4.51. The van der Waals surface area contributed by atoms with Gasteiger partial charge in [0.25, 0.3) is 0 Å².